The number of nitrogens with zero attached hydrogens (tertiary/aromatic N) is 5. The maximum absolute atomic E-state index is 5.45. The zero-order valence-electron chi connectivity index (χ0n) is 15.1. The van der Waals surface area contributed by atoms with Crippen LogP contribution >= 0.6 is 0 Å². The van der Waals surface area contributed by atoms with Gasteiger partial charge in [-0.05, 0) is 41.3 Å². The molecule has 28 heavy (non-hydrogen) atoms. The Bertz CT molecular complexity index is 1210. The fourth-order valence-corrected chi connectivity index (χ4v) is 3.22. The van der Waals surface area contributed by atoms with Gasteiger partial charge in [0.25, 0.3) is 0 Å². The molecule has 0 atom stereocenters. The summed E-state index contributed by atoms with van der Waals surface area (Å²) >= 11 is 0. The van der Waals surface area contributed by atoms with Crippen LogP contribution in [0.25, 0.3) is 17.0 Å². The molecule has 0 saturated carbocycles. The van der Waals surface area contributed by atoms with Crippen LogP contribution in [0.3, 0.4) is 0 Å². The molecule has 6 nitrogen and oxygen atoms in total. The molecule has 0 radical (unpaired) electrons. The largest absolute Gasteiger partial charge is 0.356 e. The Kier molecular flexibility index (Phi) is 4.14. The zero-order valence-corrected chi connectivity index (χ0v) is 15.1. The van der Waals surface area contributed by atoms with Crippen LogP contribution in [-0.2, 0) is 12.8 Å². The summed E-state index contributed by atoms with van der Waals surface area (Å²) < 4.78 is 7.25. The normalized spacial score (nSPS) is 11.1. The molecule has 0 aliphatic heterocycles. The van der Waals surface area contributed by atoms with E-state index in [2.05, 4.69) is 50.6 Å². The van der Waals surface area contributed by atoms with Gasteiger partial charge in [-0.25, -0.2) is 9.50 Å². The second kappa shape index (κ2) is 7.08. The summed E-state index contributed by atoms with van der Waals surface area (Å²) in [5, 5.41) is 8.38. The summed E-state index contributed by atoms with van der Waals surface area (Å²) in [6.07, 6.45) is 8.69. The average molecular weight is 367 g/mol. The highest BCUT2D eigenvalue weighted by Gasteiger charge is 2.08. The molecule has 5 rings (SSSR count). The molecular formula is C22H17N5O. The summed E-state index contributed by atoms with van der Waals surface area (Å²) in [5.41, 5.74) is 6.34. The summed E-state index contributed by atoms with van der Waals surface area (Å²) in [5.74, 6) is 0.739. The highest BCUT2D eigenvalue weighted by molar-refractivity contribution is 5.55. The van der Waals surface area contributed by atoms with Crippen molar-refractivity contribution < 1.29 is 4.52 Å². The Morgan fingerprint density at radius 2 is 1.71 bits per heavy atom. The van der Waals surface area contributed by atoms with E-state index in [0.717, 1.165) is 35.5 Å². The van der Waals surface area contributed by atoms with E-state index in [1.807, 2.05) is 30.5 Å². The molecule has 0 N–H and O–H groups in total. The molecule has 0 saturated heterocycles. The summed E-state index contributed by atoms with van der Waals surface area (Å²) in [6.45, 7) is 0. The molecule has 0 spiro atoms. The van der Waals surface area contributed by atoms with Gasteiger partial charge in [-0.3, -0.25) is 4.98 Å². The zero-order chi connectivity index (χ0) is 18.8. The van der Waals surface area contributed by atoms with Crippen molar-refractivity contribution in [1.82, 2.24) is 24.7 Å². The Labute approximate surface area is 161 Å². The van der Waals surface area contributed by atoms with E-state index in [0.29, 0.717) is 0 Å². The lowest BCUT2D eigenvalue weighted by atomic mass is 10.0. The van der Waals surface area contributed by atoms with Gasteiger partial charge in [0.05, 0.1) is 5.69 Å². The molecule has 6 heteroatoms. The van der Waals surface area contributed by atoms with Gasteiger partial charge in [0.15, 0.2) is 11.4 Å². The van der Waals surface area contributed by atoms with Gasteiger partial charge in [0.1, 0.15) is 6.33 Å². The number of hydrogen-bond acceptors (Lipinski definition) is 5. The molecule has 0 unspecified atom stereocenters. The third-order valence-electron chi connectivity index (χ3n) is 4.66. The molecule has 0 bridgehead atoms. The minimum Gasteiger partial charge on any atom is -0.356 e. The SMILES string of the molecule is c1cncc(-c2cc(Cc3ccc(Cc4ccc5ncnn5c4)cc3)no2)c1. The third-order valence-corrected chi connectivity index (χ3v) is 4.66. The smallest absolute Gasteiger partial charge is 0.168 e. The first-order valence-electron chi connectivity index (χ1n) is 9.05. The van der Waals surface area contributed by atoms with Crippen LogP contribution in [0.15, 0.2) is 84.0 Å². The maximum atomic E-state index is 5.45. The van der Waals surface area contributed by atoms with E-state index in [-0.39, 0.29) is 0 Å². The van der Waals surface area contributed by atoms with Gasteiger partial charge < -0.3 is 4.52 Å². The highest BCUT2D eigenvalue weighted by Crippen LogP contribution is 2.21. The van der Waals surface area contributed by atoms with Gasteiger partial charge in [0, 0.05) is 36.6 Å². The third kappa shape index (κ3) is 3.40. The Hall–Kier alpha value is -3.80. The van der Waals surface area contributed by atoms with Gasteiger partial charge in [0.2, 0.25) is 0 Å². The summed E-state index contributed by atoms with van der Waals surface area (Å²) in [7, 11) is 0. The van der Waals surface area contributed by atoms with Crippen LogP contribution in [0.4, 0.5) is 0 Å². The monoisotopic (exact) mass is 367 g/mol. The standard InChI is InChI=1S/C22H17N5O/c1-2-19(13-23-9-1)21-12-20(26-28-21)11-17-5-3-16(4-6-17)10-18-7-8-22-24-15-25-27(22)14-18/h1-9,12-15H,10-11H2. The van der Waals surface area contributed by atoms with Crippen molar-refractivity contribution in [3.63, 3.8) is 0 Å². The predicted octanol–water partition coefficient (Wildman–Crippen LogP) is 3.96. The van der Waals surface area contributed by atoms with Crippen LogP contribution < -0.4 is 0 Å². The van der Waals surface area contributed by atoms with E-state index < -0.39 is 0 Å². The Morgan fingerprint density at radius 1 is 0.893 bits per heavy atom. The molecule has 0 amide bonds. The minimum absolute atomic E-state index is 0.731. The molecule has 1 aromatic carbocycles. The molecule has 0 aliphatic rings. The van der Waals surface area contributed by atoms with Crippen LogP contribution in [-0.4, -0.2) is 24.7 Å². The lowest BCUT2D eigenvalue weighted by Gasteiger charge is -2.04. The van der Waals surface area contributed by atoms with Crippen molar-refractivity contribution in [1.29, 1.82) is 0 Å². The van der Waals surface area contributed by atoms with Gasteiger partial charge >= 0.3 is 0 Å². The first kappa shape index (κ1) is 16.4. The van der Waals surface area contributed by atoms with Gasteiger partial charge in [-0.15, -0.1) is 0 Å². The Morgan fingerprint density at radius 3 is 2.54 bits per heavy atom. The predicted molar refractivity (Wildman–Crippen MR) is 105 cm³/mol. The fourth-order valence-electron chi connectivity index (χ4n) is 3.22. The highest BCUT2D eigenvalue weighted by atomic mass is 16.5. The lowest BCUT2D eigenvalue weighted by molar-refractivity contribution is 0.425. The van der Waals surface area contributed by atoms with Gasteiger partial charge in [-0.1, -0.05) is 35.5 Å². The van der Waals surface area contributed by atoms with Crippen molar-refractivity contribution in [3.8, 4) is 11.3 Å². The number of hydrogen-bond donors (Lipinski definition) is 0. The van der Waals surface area contributed by atoms with Crippen molar-refractivity contribution in [3.05, 3.63) is 102 Å². The van der Waals surface area contributed by atoms with Crippen LogP contribution in [0.1, 0.15) is 22.4 Å². The quantitative estimate of drug-likeness (QED) is 0.470. The van der Waals surface area contributed by atoms with E-state index in [4.69, 9.17) is 4.52 Å². The summed E-state index contributed by atoms with van der Waals surface area (Å²) in [4.78, 5) is 8.29. The first-order chi connectivity index (χ1) is 13.8. The molecule has 5 aromatic rings. The first-order valence-corrected chi connectivity index (χ1v) is 9.05. The number of benzene rings is 1. The molecule has 4 heterocycles. The van der Waals surface area contributed by atoms with E-state index in [1.165, 1.54) is 16.7 Å². The van der Waals surface area contributed by atoms with Crippen molar-refractivity contribution in [2.45, 2.75) is 12.8 Å². The topological polar surface area (TPSA) is 69.1 Å². The number of fused-ring (bicyclic) bond motifs is 1. The molecule has 0 fully saturated rings. The number of pyridine rings is 2. The van der Waals surface area contributed by atoms with Gasteiger partial charge in [-0.2, -0.15) is 5.10 Å². The second-order valence-corrected chi connectivity index (χ2v) is 6.69. The molecule has 0 aliphatic carbocycles. The van der Waals surface area contributed by atoms with Crippen molar-refractivity contribution >= 4 is 5.65 Å². The van der Waals surface area contributed by atoms with E-state index >= 15 is 0 Å². The molecular weight excluding hydrogens is 350 g/mol. The summed E-state index contributed by atoms with van der Waals surface area (Å²) in [6, 6.07) is 18.5. The van der Waals surface area contributed by atoms with Crippen LogP contribution in [0, 0.1) is 0 Å². The average Bonchev–Trinajstić information content (AvgIpc) is 3.39. The number of aromatic nitrogens is 5. The minimum atomic E-state index is 0.731. The second-order valence-electron chi connectivity index (χ2n) is 6.69. The fraction of sp³-hybridized carbons (Fsp3) is 0.0909. The molecule has 136 valence electrons. The number of rotatable bonds is 5. The van der Waals surface area contributed by atoms with Crippen LogP contribution in [0.2, 0.25) is 0 Å². The van der Waals surface area contributed by atoms with Crippen molar-refractivity contribution in [2.24, 2.45) is 0 Å². The van der Waals surface area contributed by atoms with Crippen molar-refractivity contribution in [2.75, 3.05) is 0 Å². The van der Waals surface area contributed by atoms with E-state index in [9.17, 15) is 0 Å². The Balaban J connectivity index is 1.28. The van der Waals surface area contributed by atoms with Crippen LogP contribution in [0.5, 0.6) is 0 Å². The maximum Gasteiger partial charge on any atom is 0.168 e. The lowest BCUT2D eigenvalue weighted by Crippen LogP contribution is -1.94. The van der Waals surface area contributed by atoms with E-state index in [1.54, 1.807) is 23.2 Å². The molecule has 4 aromatic heterocycles.